The Morgan fingerprint density at radius 1 is 1.03 bits per heavy atom. The van der Waals surface area contributed by atoms with Gasteiger partial charge in [-0.3, -0.25) is 14.9 Å². The molecule has 4 rings (SSSR count). The monoisotopic (exact) mass is 433 g/mol. The number of hydrogen-bond donors (Lipinski definition) is 0. The maximum Gasteiger partial charge on any atom is 0.269 e. The van der Waals surface area contributed by atoms with Gasteiger partial charge in [-0.1, -0.05) is 30.3 Å². The number of anilines is 1. The standard InChI is InChI=1S/C23H23N5O4/c1-17-24-21(18-5-3-2-4-6-18)15-22(25-17)26-11-13-27(14-12-26)23(29)16-32-20-9-7-19(8-10-20)28(30)31/h2-10,15H,11-14,16H2,1H3. The van der Waals surface area contributed by atoms with Crippen LogP contribution in [0.25, 0.3) is 11.3 Å². The predicted molar refractivity (Wildman–Crippen MR) is 120 cm³/mol. The van der Waals surface area contributed by atoms with Crippen molar-refractivity contribution in [3.8, 4) is 17.0 Å². The van der Waals surface area contributed by atoms with Crippen molar-refractivity contribution in [1.82, 2.24) is 14.9 Å². The average Bonchev–Trinajstić information content (AvgIpc) is 2.83. The van der Waals surface area contributed by atoms with E-state index in [2.05, 4.69) is 14.9 Å². The van der Waals surface area contributed by atoms with E-state index < -0.39 is 4.92 Å². The Kier molecular flexibility index (Phi) is 6.25. The maximum atomic E-state index is 12.5. The van der Waals surface area contributed by atoms with E-state index in [0.29, 0.717) is 37.8 Å². The number of hydrogen-bond acceptors (Lipinski definition) is 7. The highest BCUT2D eigenvalue weighted by molar-refractivity contribution is 5.78. The van der Waals surface area contributed by atoms with Gasteiger partial charge < -0.3 is 14.5 Å². The van der Waals surface area contributed by atoms with E-state index in [-0.39, 0.29) is 18.2 Å². The molecule has 0 radical (unpaired) electrons. The zero-order valence-electron chi connectivity index (χ0n) is 17.7. The number of rotatable bonds is 6. The van der Waals surface area contributed by atoms with Gasteiger partial charge in [0, 0.05) is 49.9 Å². The third-order valence-electron chi connectivity index (χ3n) is 5.26. The largest absolute Gasteiger partial charge is 0.484 e. The van der Waals surface area contributed by atoms with Gasteiger partial charge in [0.05, 0.1) is 10.6 Å². The second kappa shape index (κ2) is 9.42. The molecule has 0 bridgehead atoms. The minimum absolute atomic E-state index is 0.0184. The molecule has 0 saturated carbocycles. The van der Waals surface area contributed by atoms with Crippen LogP contribution in [-0.4, -0.2) is 58.5 Å². The van der Waals surface area contributed by atoms with Crippen LogP contribution < -0.4 is 9.64 Å². The summed E-state index contributed by atoms with van der Waals surface area (Å²) >= 11 is 0. The zero-order valence-corrected chi connectivity index (χ0v) is 17.7. The number of amides is 1. The van der Waals surface area contributed by atoms with Crippen LogP contribution in [0.3, 0.4) is 0 Å². The molecule has 0 N–H and O–H groups in total. The number of carbonyl (C=O) groups is 1. The van der Waals surface area contributed by atoms with Crippen LogP contribution >= 0.6 is 0 Å². The molecule has 2 aromatic carbocycles. The van der Waals surface area contributed by atoms with Crippen LogP contribution in [0.15, 0.2) is 60.7 Å². The highest BCUT2D eigenvalue weighted by atomic mass is 16.6. The van der Waals surface area contributed by atoms with Gasteiger partial charge in [0.1, 0.15) is 17.4 Å². The predicted octanol–water partition coefficient (Wildman–Crippen LogP) is 3.09. The third-order valence-corrected chi connectivity index (χ3v) is 5.26. The number of piperazine rings is 1. The molecule has 164 valence electrons. The summed E-state index contributed by atoms with van der Waals surface area (Å²) in [6.45, 7) is 4.22. The summed E-state index contributed by atoms with van der Waals surface area (Å²) in [5.41, 5.74) is 1.90. The highest BCUT2D eigenvalue weighted by Crippen LogP contribution is 2.23. The first-order valence-electron chi connectivity index (χ1n) is 10.3. The Morgan fingerprint density at radius 3 is 2.38 bits per heavy atom. The lowest BCUT2D eigenvalue weighted by atomic mass is 10.1. The average molecular weight is 433 g/mol. The number of aryl methyl sites for hydroxylation is 1. The Hall–Kier alpha value is -4.01. The van der Waals surface area contributed by atoms with Gasteiger partial charge in [-0.15, -0.1) is 0 Å². The summed E-state index contributed by atoms with van der Waals surface area (Å²) in [7, 11) is 0. The molecule has 1 aliphatic rings. The number of ether oxygens (including phenoxy) is 1. The Bertz CT molecular complexity index is 1100. The number of aromatic nitrogens is 2. The molecule has 0 unspecified atom stereocenters. The number of carbonyl (C=O) groups excluding carboxylic acids is 1. The highest BCUT2D eigenvalue weighted by Gasteiger charge is 2.23. The molecule has 1 saturated heterocycles. The SMILES string of the molecule is Cc1nc(-c2ccccc2)cc(N2CCN(C(=O)COc3ccc([N+](=O)[O-])cc3)CC2)n1. The number of benzene rings is 2. The first kappa shape index (κ1) is 21.2. The van der Waals surface area contributed by atoms with Gasteiger partial charge in [-0.25, -0.2) is 9.97 Å². The summed E-state index contributed by atoms with van der Waals surface area (Å²) in [6, 6.07) is 17.6. The van der Waals surface area contributed by atoms with Crippen molar-refractivity contribution in [3.05, 3.63) is 76.6 Å². The van der Waals surface area contributed by atoms with E-state index in [9.17, 15) is 14.9 Å². The van der Waals surface area contributed by atoms with Gasteiger partial charge >= 0.3 is 0 Å². The molecule has 0 aliphatic carbocycles. The Labute approximate surface area is 185 Å². The smallest absolute Gasteiger partial charge is 0.269 e. The van der Waals surface area contributed by atoms with Gasteiger partial charge in [0.25, 0.3) is 11.6 Å². The zero-order chi connectivity index (χ0) is 22.5. The van der Waals surface area contributed by atoms with Crippen LogP contribution in [-0.2, 0) is 4.79 Å². The van der Waals surface area contributed by atoms with Crippen molar-refractivity contribution >= 4 is 17.4 Å². The van der Waals surface area contributed by atoms with E-state index >= 15 is 0 Å². The lowest BCUT2D eigenvalue weighted by Gasteiger charge is -2.35. The van der Waals surface area contributed by atoms with Gasteiger partial charge in [-0.05, 0) is 19.1 Å². The summed E-state index contributed by atoms with van der Waals surface area (Å²) in [5, 5.41) is 10.7. The van der Waals surface area contributed by atoms with Crippen LogP contribution in [0.5, 0.6) is 5.75 Å². The molecule has 3 aromatic rings. The minimum Gasteiger partial charge on any atom is -0.484 e. The maximum absolute atomic E-state index is 12.5. The number of nitrogens with zero attached hydrogens (tertiary/aromatic N) is 5. The molecule has 9 heteroatoms. The molecule has 32 heavy (non-hydrogen) atoms. The first-order chi connectivity index (χ1) is 15.5. The lowest BCUT2D eigenvalue weighted by Crippen LogP contribution is -2.50. The first-order valence-corrected chi connectivity index (χ1v) is 10.3. The molecule has 2 heterocycles. The van der Waals surface area contributed by atoms with Crippen molar-refractivity contribution in [3.63, 3.8) is 0 Å². The van der Waals surface area contributed by atoms with Gasteiger partial charge in [0.15, 0.2) is 6.61 Å². The normalized spacial score (nSPS) is 13.7. The minimum atomic E-state index is -0.476. The van der Waals surface area contributed by atoms with Crippen molar-refractivity contribution in [2.75, 3.05) is 37.7 Å². The second-order valence-corrected chi connectivity index (χ2v) is 7.43. The summed E-state index contributed by atoms with van der Waals surface area (Å²) in [5.74, 6) is 1.86. The molecular formula is C23H23N5O4. The summed E-state index contributed by atoms with van der Waals surface area (Å²) in [6.07, 6.45) is 0. The number of nitro groups is 1. The molecule has 1 fully saturated rings. The van der Waals surface area contributed by atoms with E-state index in [1.165, 1.54) is 24.3 Å². The Morgan fingerprint density at radius 2 is 1.72 bits per heavy atom. The van der Waals surface area contributed by atoms with Crippen molar-refractivity contribution < 1.29 is 14.5 Å². The van der Waals surface area contributed by atoms with Crippen molar-refractivity contribution in [2.24, 2.45) is 0 Å². The van der Waals surface area contributed by atoms with Gasteiger partial charge in [0.2, 0.25) is 0 Å². The fraction of sp³-hybridized carbons (Fsp3) is 0.261. The van der Waals surface area contributed by atoms with Crippen LogP contribution in [0.2, 0.25) is 0 Å². The van der Waals surface area contributed by atoms with Crippen LogP contribution in [0, 0.1) is 17.0 Å². The summed E-state index contributed by atoms with van der Waals surface area (Å²) < 4.78 is 5.50. The molecular weight excluding hydrogens is 410 g/mol. The fourth-order valence-corrected chi connectivity index (χ4v) is 3.56. The molecule has 9 nitrogen and oxygen atoms in total. The van der Waals surface area contributed by atoms with Crippen molar-refractivity contribution in [1.29, 1.82) is 0 Å². The van der Waals surface area contributed by atoms with E-state index in [1.807, 2.05) is 43.3 Å². The fourth-order valence-electron chi connectivity index (χ4n) is 3.56. The molecule has 1 aromatic heterocycles. The van der Waals surface area contributed by atoms with Gasteiger partial charge in [-0.2, -0.15) is 0 Å². The molecule has 0 spiro atoms. The van der Waals surface area contributed by atoms with E-state index in [1.54, 1.807) is 4.90 Å². The number of nitro benzene ring substituents is 1. The van der Waals surface area contributed by atoms with Crippen LogP contribution in [0.4, 0.5) is 11.5 Å². The Balaban J connectivity index is 1.33. The topological polar surface area (TPSA) is 102 Å². The molecule has 0 atom stereocenters. The van der Waals surface area contributed by atoms with Crippen LogP contribution in [0.1, 0.15) is 5.82 Å². The number of non-ortho nitro benzene ring substituents is 1. The quantitative estimate of drug-likeness (QED) is 0.435. The third kappa shape index (κ3) is 5.00. The second-order valence-electron chi connectivity index (χ2n) is 7.43. The van der Waals surface area contributed by atoms with Crippen molar-refractivity contribution in [2.45, 2.75) is 6.92 Å². The lowest BCUT2D eigenvalue weighted by molar-refractivity contribution is -0.384. The van der Waals surface area contributed by atoms with E-state index in [4.69, 9.17) is 4.74 Å². The summed E-state index contributed by atoms with van der Waals surface area (Å²) in [4.78, 5) is 35.8. The molecule has 1 amide bonds. The molecule has 1 aliphatic heterocycles. The van der Waals surface area contributed by atoms with E-state index in [0.717, 1.165) is 17.1 Å².